The lowest BCUT2D eigenvalue weighted by atomic mass is 10.0. The maximum atomic E-state index is 13.6. The molecule has 2 aromatic heterocycles. The van der Waals surface area contributed by atoms with E-state index in [2.05, 4.69) is 34.1 Å². The number of nitrogens with one attached hydrogen (secondary N) is 1. The number of hydrogen-bond donors (Lipinski definition) is 1. The average Bonchev–Trinajstić information content (AvgIpc) is 3.49. The molecule has 0 bridgehead atoms. The van der Waals surface area contributed by atoms with Crippen LogP contribution in [-0.4, -0.2) is 36.8 Å². The minimum Gasteiger partial charge on any atom is -0.328 e. The van der Waals surface area contributed by atoms with Crippen molar-refractivity contribution in [1.29, 1.82) is 0 Å². The van der Waals surface area contributed by atoms with E-state index in [9.17, 15) is 9.18 Å². The summed E-state index contributed by atoms with van der Waals surface area (Å²) in [4.78, 5) is 23.0. The second-order valence-electron chi connectivity index (χ2n) is 7.11. The Morgan fingerprint density at radius 2 is 2.23 bits per heavy atom. The molecule has 1 unspecified atom stereocenters. The van der Waals surface area contributed by atoms with Crippen LogP contribution in [0.5, 0.6) is 0 Å². The summed E-state index contributed by atoms with van der Waals surface area (Å²) in [7, 11) is 0. The Labute approximate surface area is 184 Å². The second kappa shape index (κ2) is 9.38. The number of nitrogens with zero attached hydrogens (tertiary/aromatic N) is 4. The van der Waals surface area contributed by atoms with Crippen LogP contribution in [0.25, 0.3) is 11.1 Å². The van der Waals surface area contributed by atoms with Crippen LogP contribution in [0, 0.1) is 5.92 Å². The minimum absolute atomic E-state index is 0.154. The highest BCUT2D eigenvalue weighted by atomic mass is 127. The Kier molecular flexibility index (Phi) is 6.41. The predicted molar refractivity (Wildman–Crippen MR) is 125 cm³/mol. The van der Waals surface area contributed by atoms with Gasteiger partial charge in [-0.05, 0) is 36.6 Å². The molecule has 1 aliphatic heterocycles. The molecule has 4 rings (SSSR count). The summed E-state index contributed by atoms with van der Waals surface area (Å²) in [6.45, 7) is 3.40. The highest BCUT2D eigenvalue weighted by molar-refractivity contribution is 14.2. The van der Waals surface area contributed by atoms with Crippen molar-refractivity contribution >= 4 is 36.9 Å². The molecule has 0 saturated heterocycles. The van der Waals surface area contributed by atoms with Gasteiger partial charge in [-0.25, -0.2) is 7.60 Å². The Balaban J connectivity index is 1.44. The topological polar surface area (TPSA) is 70.5 Å². The van der Waals surface area contributed by atoms with Crippen LogP contribution in [0.4, 0.5) is 4.39 Å². The molecule has 1 fully saturated rings. The van der Waals surface area contributed by atoms with Crippen molar-refractivity contribution in [3.8, 4) is 11.1 Å². The van der Waals surface area contributed by atoms with E-state index >= 15 is 0 Å². The predicted octanol–water partition coefficient (Wildman–Crippen LogP) is 4.40. The third kappa shape index (κ3) is 5.05. The largest absolute Gasteiger partial charge is 0.328 e. The number of amides is 1. The average molecular weight is 517 g/mol. The minimum atomic E-state index is -0.398. The van der Waals surface area contributed by atoms with Crippen molar-refractivity contribution in [3.63, 3.8) is 0 Å². The first-order valence-electron chi connectivity index (χ1n) is 9.61. The molecule has 1 N–H and O–H groups in total. The molecule has 6 nitrogen and oxygen atoms in total. The fourth-order valence-electron chi connectivity index (χ4n) is 3.15. The molecule has 1 atom stereocenters. The molecule has 3 heterocycles. The first kappa shape index (κ1) is 20.5. The zero-order chi connectivity index (χ0) is 20.9. The first-order valence-corrected chi connectivity index (χ1v) is 11.8. The van der Waals surface area contributed by atoms with Crippen LogP contribution in [0.3, 0.4) is 0 Å². The SMILES string of the molecule is C=C(F)CC(/C=C/NC(=O)c1cc(-c2cccnc2)ccn1)C1=NI=CN1C1CC1. The Morgan fingerprint density at radius 1 is 1.37 bits per heavy atom. The van der Waals surface area contributed by atoms with Crippen LogP contribution in [-0.2, 0) is 0 Å². The zero-order valence-electron chi connectivity index (χ0n) is 16.2. The Morgan fingerprint density at radius 3 is 2.97 bits per heavy atom. The normalized spacial score (nSPS) is 16.8. The number of pyridine rings is 2. The van der Waals surface area contributed by atoms with E-state index in [1.165, 1.54) is 0 Å². The highest BCUT2D eigenvalue weighted by Crippen LogP contribution is 2.33. The molecular weight excluding hydrogens is 496 g/mol. The van der Waals surface area contributed by atoms with E-state index in [-0.39, 0.29) is 39.3 Å². The van der Waals surface area contributed by atoms with Crippen molar-refractivity contribution in [2.45, 2.75) is 25.3 Å². The van der Waals surface area contributed by atoms with Crippen molar-refractivity contribution in [1.82, 2.24) is 20.2 Å². The molecule has 0 aromatic carbocycles. The summed E-state index contributed by atoms with van der Waals surface area (Å²) >= 11 is -0.383. The molecule has 1 aliphatic carbocycles. The number of amidine groups is 1. The van der Waals surface area contributed by atoms with Gasteiger partial charge in [0, 0.05) is 69.7 Å². The lowest BCUT2D eigenvalue weighted by molar-refractivity contribution is 0.0965. The molecule has 154 valence electrons. The Hall–Kier alpha value is -2.75. The van der Waals surface area contributed by atoms with Crippen LogP contribution in [0.2, 0.25) is 0 Å². The quantitative estimate of drug-likeness (QED) is 0.528. The summed E-state index contributed by atoms with van der Waals surface area (Å²) in [5.41, 5.74) is 2.06. The molecule has 8 heteroatoms. The summed E-state index contributed by atoms with van der Waals surface area (Å²) in [6, 6.07) is 7.80. The number of carbonyl (C=O) groups excluding carboxylic acids is 1. The van der Waals surface area contributed by atoms with Gasteiger partial charge in [0.05, 0.1) is 9.96 Å². The highest BCUT2D eigenvalue weighted by Gasteiger charge is 2.34. The number of aromatic nitrogens is 2. The second-order valence-corrected chi connectivity index (χ2v) is 8.70. The van der Waals surface area contributed by atoms with Crippen molar-refractivity contribution in [2.75, 3.05) is 0 Å². The van der Waals surface area contributed by atoms with E-state index in [1.54, 1.807) is 36.9 Å². The summed E-state index contributed by atoms with van der Waals surface area (Å²) in [5.74, 6) is -0.102. The third-order valence-corrected chi connectivity index (χ3v) is 6.41. The van der Waals surface area contributed by atoms with Gasteiger partial charge < -0.3 is 10.2 Å². The standard InChI is InChI=1S/C22H21FIN5O/c1-15(23)11-17(21-28-24-14-29(21)19-4-5-19)7-10-27-22(30)20-12-16(6-9-26-20)18-3-2-8-25-13-18/h2-3,6-10,12-14,17,19H,1,4-5,11H2,(H,27,30)/b10-7+. The van der Waals surface area contributed by atoms with Gasteiger partial charge in [0.15, 0.2) is 0 Å². The van der Waals surface area contributed by atoms with Gasteiger partial charge in [-0.2, -0.15) is 0 Å². The number of rotatable bonds is 8. The lowest BCUT2D eigenvalue weighted by Gasteiger charge is -2.22. The number of halogens is 2. The fourth-order valence-corrected chi connectivity index (χ4v) is 5.18. The smallest absolute Gasteiger partial charge is 0.273 e. The van der Waals surface area contributed by atoms with Crippen LogP contribution in [0.1, 0.15) is 29.8 Å². The van der Waals surface area contributed by atoms with E-state index in [1.807, 2.05) is 18.2 Å². The molecule has 30 heavy (non-hydrogen) atoms. The van der Waals surface area contributed by atoms with Crippen LogP contribution < -0.4 is 5.32 Å². The third-order valence-electron chi connectivity index (χ3n) is 4.79. The molecule has 0 radical (unpaired) electrons. The van der Waals surface area contributed by atoms with Crippen LogP contribution >= 0.6 is 21.0 Å². The van der Waals surface area contributed by atoms with Crippen LogP contribution in [0.15, 0.2) is 70.7 Å². The van der Waals surface area contributed by atoms with E-state index in [4.69, 9.17) is 0 Å². The van der Waals surface area contributed by atoms with Gasteiger partial charge in [0.2, 0.25) is 0 Å². The summed E-state index contributed by atoms with van der Waals surface area (Å²) < 4.78 is 20.4. The summed E-state index contributed by atoms with van der Waals surface area (Å²) in [5, 5.41) is 2.74. The van der Waals surface area contributed by atoms with Gasteiger partial charge >= 0.3 is 0 Å². The molecular formula is C22H21FIN5O. The number of allylic oxidation sites excluding steroid dienone is 1. The molecule has 2 aliphatic rings. The van der Waals surface area contributed by atoms with Gasteiger partial charge in [-0.15, -0.1) is 0 Å². The maximum absolute atomic E-state index is 13.6. The van der Waals surface area contributed by atoms with Gasteiger partial charge in [0.25, 0.3) is 5.91 Å². The van der Waals surface area contributed by atoms with Crippen molar-refractivity contribution < 1.29 is 9.18 Å². The summed E-state index contributed by atoms with van der Waals surface area (Å²) in [6.07, 6.45) is 10.8. The van der Waals surface area contributed by atoms with E-state index in [0.717, 1.165) is 29.8 Å². The van der Waals surface area contributed by atoms with E-state index < -0.39 is 5.83 Å². The van der Waals surface area contributed by atoms with Gasteiger partial charge in [-0.1, -0.05) is 18.7 Å². The van der Waals surface area contributed by atoms with Gasteiger partial charge in [0.1, 0.15) is 11.5 Å². The van der Waals surface area contributed by atoms with Crippen molar-refractivity contribution in [2.24, 2.45) is 9.12 Å². The molecule has 1 amide bonds. The monoisotopic (exact) mass is 517 g/mol. The molecule has 1 saturated carbocycles. The number of carbonyl (C=O) groups is 1. The first-order chi connectivity index (χ1) is 14.6. The van der Waals surface area contributed by atoms with Crippen molar-refractivity contribution in [3.05, 3.63) is 73.2 Å². The Bertz CT molecular complexity index is 1030. The van der Waals surface area contributed by atoms with Gasteiger partial charge in [-0.3, -0.25) is 14.8 Å². The maximum Gasteiger partial charge on any atom is 0.273 e. The molecule has 0 spiro atoms. The zero-order valence-corrected chi connectivity index (χ0v) is 18.4. The van der Waals surface area contributed by atoms with E-state index in [0.29, 0.717) is 11.7 Å². The lowest BCUT2D eigenvalue weighted by Crippen LogP contribution is -2.34. The fraction of sp³-hybridized carbons (Fsp3) is 0.227. The molecule has 2 aromatic rings. The number of hydrogen-bond acceptors (Lipinski definition) is 5.